The number of hydrogen-bond acceptors (Lipinski definition) is 4. The van der Waals surface area contributed by atoms with E-state index in [1.54, 1.807) is 0 Å². The maximum Gasteiger partial charge on any atom is 0.234 e. The van der Waals surface area contributed by atoms with E-state index in [2.05, 4.69) is 15.5 Å². The van der Waals surface area contributed by atoms with Crippen molar-refractivity contribution in [3.8, 4) is 0 Å². The number of hydrogen-bond donors (Lipinski definition) is 2. The van der Waals surface area contributed by atoms with Crippen LogP contribution in [0.25, 0.3) is 0 Å². The number of likely N-dealkylation sites (N-methyl/N-ethyl adjacent to an activating group) is 1. The third kappa shape index (κ3) is 4.42. The highest BCUT2D eigenvalue weighted by atomic mass is 16.2. The van der Waals surface area contributed by atoms with Gasteiger partial charge in [0.05, 0.1) is 12.5 Å². The molecule has 3 amide bonds. The lowest BCUT2D eigenvalue weighted by Gasteiger charge is -2.36. The SMILES string of the molecule is CCNC(=O)CN1CCN(C(=O)C2CCC(=O)NC2)CC1. The largest absolute Gasteiger partial charge is 0.355 e. The van der Waals surface area contributed by atoms with Gasteiger partial charge in [-0.05, 0) is 13.3 Å². The Morgan fingerprint density at radius 1 is 1.29 bits per heavy atom. The van der Waals surface area contributed by atoms with E-state index in [9.17, 15) is 14.4 Å². The molecule has 7 heteroatoms. The maximum atomic E-state index is 12.4. The van der Waals surface area contributed by atoms with Gasteiger partial charge in [0, 0.05) is 45.7 Å². The van der Waals surface area contributed by atoms with Crippen molar-refractivity contribution < 1.29 is 14.4 Å². The third-order valence-electron chi connectivity index (χ3n) is 4.04. The van der Waals surface area contributed by atoms with Gasteiger partial charge in [0.1, 0.15) is 0 Å². The highest BCUT2D eigenvalue weighted by molar-refractivity contribution is 5.84. The number of rotatable bonds is 4. The van der Waals surface area contributed by atoms with E-state index in [0.717, 1.165) is 13.1 Å². The molecule has 2 fully saturated rings. The Labute approximate surface area is 125 Å². The first-order valence-corrected chi connectivity index (χ1v) is 7.64. The molecule has 0 aliphatic carbocycles. The second kappa shape index (κ2) is 7.40. The first kappa shape index (κ1) is 15.8. The van der Waals surface area contributed by atoms with Crippen molar-refractivity contribution in [2.45, 2.75) is 19.8 Å². The van der Waals surface area contributed by atoms with Crippen molar-refractivity contribution in [1.82, 2.24) is 20.4 Å². The van der Waals surface area contributed by atoms with Gasteiger partial charge in [0.15, 0.2) is 0 Å². The van der Waals surface area contributed by atoms with Gasteiger partial charge in [0.25, 0.3) is 0 Å². The molecule has 0 aromatic heterocycles. The minimum Gasteiger partial charge on any atom is -0.355 e. The average Bonchev–Trinajstić information content (AvgIpc) is 2.48. The fraction of sp³-hybridized carbons (Fsp3) is 0.786. The van der Waals surface area contributed by atoms with Gasteiger partial charge in [-0.3, -0.25) is 19.3 Å². The number of carbonyl (C=O) groups is 3. The van der Waals surface area contributed by atoms with Crippen LogP contribution in [-0.2, 0) is 14.4 Å². The molecule has 21 heavy (non-hydrogen) atoms. The van der Waals surface area contributed by atoms with Crippen LogP contribution in [0.15, 0.2) is 0 Å². The van der Waals surface area contributed by atoms with Crippen LogP contribution in [0.4, 0.5) is 0 Å². The minimum atomic E-state index is -0.0855. The van der Waals surface area contributed by atoms with E-state index < -0.39 is 0 Å². The van der Waals surface area contributed by atoms with Crippen LogP contribution in [0, 0.1) is 5.92 Å². The molecule has 1 atom stereocenters. The molecule has 0 saturated carbocycles. The van der Waals surface area contributed by atoms with Crippen molar-refractivity contribution in [2.75, 3.05) is 45.8 Å². The predicted octanol–water partition coefficient (Wildman–Crippen LogP) is -1.21. The van der Waals surface area contributed by atoms with Crippen LogP contribution in [0.1, 0.15) is 19.8 Å². The fourth-order valence-electron chi connectivity index (χ4n) is 2.78. The Bertz CT molecular complexity index is 395. The predicted molar refractivity (Wildman–Crippen MR) is 77.4 cm³/mol. The summed E-state index contributed by atoms with van der Waals surface area (Å²) in [7, 11) is 0. The van der Waals surface area contributed by atoms with Crippen LogP contribution >= 0.6 is 0 Å². The van der Waals surface area contributed by atoms with Crippen molar-refractivity contribution in [1.29, 1.82) is 0 Å². The lowest BCUT2D eigenvalue weighted by atomic mass is 9.97. The number of nitrogens with one attached hydrogen (secondary N) is 2. The third-order valence-corrected chi connectivity index (χ3v) is 4.04. The molecule has 0 bridgehead atoms. The van der Waals surface area contributed by atoms with Crippen LogP contribution in [0.3, 0.4) is 0 Å². The smallest absolute Gasteiger partial charge is 0.234 e. The highest BCUT2D eigenvalue weighted by Gasteiger charge is 2.30. The zero-order valence-corrected chi connectivity index (χ0v) is 12.6. The lowest BCUT2D eigenvalue weighted by Crippen LogP contribution is -2.54. The van der Waals surface area contributed by atoms with Gasteiger partial charge in [-0.25, -0.2) is 0 Å². The van der Waals surface area contributed by atoms with Crippen molar-refractivity contribution in [3.63, 3.8) is 0 Å². The van der Waals surface area contributed by atoms with E-state index in [1.165, 1.54) is 0 Å². The van der Waals surface area contributed by atoms with E-state index >= 15 is 0 Å². The number of piperidine rings is 1. The molecule has 2 aliphatic rings. The standard InChI is InChI=1S/C14H24N4O3/c1-2-15-13(20)10-17-5-7-18(8-6-17)14(21)11-3-4-12(19)16-9-11/h11H,2-10H2,1H3,(H,15,20)(H,16,19). The lowest BCUT2D eigenvalue weighted by molar-refractivity contribution is -0.139. The van der Waals surface area contributed by atoms with Gasteiger partial charge >= 0.3 is 0 Å². The number of nitrogens with zero attached hydrogens (tertiary/aromatic N) is 2. The monoisotopic (exact) mass is 296 g/mol. The molecule has 2 rings (SSSR count). The minimum absolute atomic E-state index is 0.0332. The van der Waals surface area contributed by atoms with Gasteiger partial charge in [-0.15, -0.1) is 0 Å². The van der Waals surface area contributed by atoms with Gasteiger partial charge in [0.2, 0.25) is 17.7 Å². The Kier molecular flexibility index (Phi) is 5.55. The first-order valence-electron chi connectivity index (χ1n) is 7.64. The Morgan fingerprint density at radius 3 is 2.57 bits per heavy atom. The van der Waals surface area contributed by atoms with Gasteiger partial charge in [-0.1, -0.05) is 0 Å². The second-order valence-electron chi connectivity index (χ2n) is 5.59. The zero-order chi connectivity index (χ0) is 15.2. The summed E-state index contributed by atoms with van der Waals surface area (Å²) in [5.74, 6) is 0.114. The summed E-state index contributed by atoms with van der Waals surface area (Å²) in [6.07, 6.45) is 1.08. The summed E-state index contributed by atoms with van der Waals surface area (Å²) in [6, 6.07) is 0. The summed E-state index contributed by atoms with van der Waals surface area (Å²) in [6.45, 7) is 6.16. The van der Waals surface area contributed by atoms with Crippen molar-refractivity contribution in [3.05, 3.63) is 0 Å². The molecule has 118 valence electrons. The Balaban J connectivity index is 1.74. The molecule has 2 saturated heterocycles. The maximum absolute atomic E-state index is 12.4. The Hall–Kier alpha value is -1.63. The van der Waals surface area contributed by atoms with Crippen molar-refractivity contribution >= 4 is 17.7 Å². The molecule has 2 aliphatic heterocycles. The Morgan fingerprint density at radius 2 is 2.00 bits per heavy atom. The number of piperazine rings is 1. The topological polar surface area (TPSA) is 81.8 Å². The molecule has 1 unspecified atom stereocenters. The van der Waals surface area contributed by atoms with E-state index in [-0.39, 0.29) is 23.6 Å². The highest BCUT2D eigenvalue weighted by Crippen LogP contribution is 2.15. The molecule has 0 spiro atoms. The normalized spacial score (nSPS) is 23.6. The molecule has 0 aromatic carbocycles. The molecular weight excluding hydrogens is 272 g/mol. The molecule has 0 aromatic rings. The molecule has 7 nitrogen and oxygen atoms in total. The molecule has 2 heterocycles. The van der Waals surface area contributed by atoms with Crippen LogP contribution in [0.2, 0.25) is 0 Å². The molecule has 0 radical (unpaired) electrons. The summed E-state index contributed by atoms with van der Waals surface area (Å²) in [5, 5.41) is 5.53. The summed E-state index contributed by atoms with van der Waals surface area (Å²) >= 11 is 0. The van der Waals surface area contributed by atoms with E-state index in [4.69, 9.17) is 0 Å². The zero-order valence-electron chi connectivity index (χ0n) is 12.6. The van der Waals surface area contributed by atoms with E-state index in [0.29, 0.717) is 45.6 Å². The molecular formula is C14H24N4O3. The average molecular weight is 296 g/mol. The van der Waals surface area contributed by atoms with Crippen molar-refractivity contribution in [2.24, 2.45) is 5.92 Å². The molecule has 2 N–H and O–H groups in total. The summed E-state index contributed by atoms with van der Waals surface area (Å²) in [4.78, 5) is 38.9. The van der Waals surface area contributed by atoms with Gasteiger partial charge < -0.3 is 15.5 Å². The number of amides is 3. The summed E-state index contributed by atoms with van der Waals surface area (Å²) in [5.41, 5.74) is 0. The fourth-order valence-corrected chi connectivity index (χ4v) is 2.78. The van der Waals surface area contributed by atoms with Gasteiger partial charge in [-0.2, -0.15) is 0 Å². The van der Waals surface area contributed by atoms with Crippen LogP contribution in [0.5, 0.6) is 0 Å². The van der Waals surface area contributed by atoms with Crippen LogP contribution in [-0.4, -0.2) is 73.3 Å². The second-order valence-corrected chi connectivity index (χ2v) is 5.59. The summed E-state index contributed by atoms with van der Waals surface area (Å²) < 4.78 is 0. The van der Waals surface area contributed by atoms with E-state index in [1.807, 2.05) is 11.8 Å². The quantitative estimate of drug-likeness (QED) is 0.682. The van der Waals surface area contributed by atoms with Crippen LogP contribution < -0.4 is 10.6 Å². The number of carbonyl (C=O) groups excluding carboxylic acids is 3. The first-order chi connectivity index (χ1) is 10.1.